The molecule has 0 fully saturated rings. The molecule has 0 bridgehead atoms. The van der Waals surface area contributed by atoms with Gasteiger partial charge in [0.2, 0.25) is 0 Å². The minimum absolute atomic E-state index is 0. The quantitative estimate of drug-likeness (QED) is 0.662. The maximum Gasteiger partial charge on any atom is 0.141 e. The Bertz CT molecular complexity index is 217. The predicted molar refractivity (Wildman–Crippen MR) is 45.9 cm³/mol. The molecule has 0 N–H and O–H groups in total. The van der Waals surface area contributed by atoms with E-state index in [1.807, 2.05) is 0 Å². The van der Waals surface area contributed by atoms with Crippen molar-refractivity contribution in [2.24, 2.45) is 0 Å². The molecule has 1 nitrogen and oxygen atoms in total. The van der Waals surface area contributed by atoms with E-state index < -0.39 is 0 Å². The molecule has 0 aliphatic rings. The molecular formula is C7H8Cl2FN. The van der Waals surface area contributed by atoms with Crippen LogP contribution >= 0.6 is 24.0 Å². The molecule has 1 aromatic rings. The third kappa shape index (κ3) is 3.54. The van der Waals surface area contributed by atoms with Gasteiger partial charge in [0.15, 0.2) is 0 Å². The van der Waals surface area contributed by atoms with E-state index in [-0.39, 0.29) is 18.2 Å². The molecule has 0 aromatic carbocycles. The van der Waals surface area contributed by atoms with E-state index in [0.29, 0.717) is 12.3 Å². The van der Waals surface area contributed by atoms with E-state index in [4.69, 9.17) is 11.6 Å². The molecule has 1 aromatic heterocycles. The summed E-state index contributed by atoms with van der Waals surface area (Å²) in [6.07, 6.45) is 3.47. The number of alkyl halides is 1. The van der Waals surface area contributed by atoms with Gasteiger partial charge < -0.3 is 0 Å². The van der Waals surface area contributed by atoms with Gasteiger partial charge in [-0.1, -0.05) is 0 Å². The fourth-order valence-corrected chi connectivity index (χ4v) is 0.920. The first kappa shape index (κ1) is 10.7. The van der Waals surface area contributed by atoms with E-state index in [1.165, 1.54) is 12.3 Å². The molecule has 1 heterocycles. The van der Waals surface area contributed by atoms with E-state index in [9.17, 15) is 4.39 Å². The Balaban J connectivity index is 0.000001000. The van der Waals surface area contributed by atoms with Crippen LogP contribution in [0.15, 0.2) is 18.5 Å². The highest BCUT2D eigenvalue weighted by molar-refractivity contribution is 6.17. The first-order valence-corrected chi connectivity index (χ1v) is 3.52. The van der Waals surface area contributed by atoms with Gasteiger partial charge in [0.1, 0.15) is 5.82 Å². The van der Waals surface area contributed by atoms with Crippen molar-refractivity contribution >= 4 is 24.0 Å². The van der Waals surface area contributed by atoms with Crippen LogP contribution in [0.4, 0.5) is 4.39 Å². The van der Waals surface area contributed by atoms with Crippen LogP contribution in [-0.4, -0.2) is 10.9 Å². The average Bonchev–Trinajstić information content (AvgIpc) is 1.88. The van der Waals surface area contributed by atoms with Crippen molar-refractivity contribution in [3.8, 4) is 0 Å². The molecule has 4 heteroatoms. The molecule has 0 radical (unpaired) electrons. The van der Waals surface area contributed by atoms with Gasteiger partial charge >= 0.3 is 0 Å². The maximum absolute atomic E-state index is 12.4. The summed E-state index contributed by atoms with van der Waals surface area (Å²) in [5, 5.41) is 0. The smallest absolute Gasteiger partial charge is 0.141 e. The summed E-state index contributed by atoms with van der Waals surface area (Å²) in [5.74, 6) is 0.202. The van der Waals surface area contributed by atoms with Crippen LogP contribution in [0.25, 0.3) is 0 Å². The SMILES string of the molecule is Cl.Fc1cncc(CCCl)c1. The Morgan fingerprint density at radius 3 is 2.73 bits per heavy atom. The molecule has 62 valence electrons. The third-order valence-corrected chi connectivity index (χ3v) is 1.33. The molecule has 0 saturated heterocycles. The van der Waals surface area contributed by atoms with Crippen LogP contribution in [-0.2, 0) is 6.42 Å². The fourth-order valence-electron chi connectivity index (χ4n) is 0.702. The molecule has 0 aliphatic heterocycles. The van der Waals surface area contributed by atoms with E-state index in [1.54, 1.807) is 6.20 Å². The lowest BCUT2D eigenvalue weighted by Crippen LogP contribution is -1.88. The number of aryl methyl sites for hydroxylation is 1. The summed E-state index contributed by atoms with van der Waals surface area (Å²) in [6, 6.07) is 1.44. The molecule has 0 spiro atoms. The van der Waals surface area contributed by atoms with Crippen molar-refractivity contribution in [3.63, 3.8) is 0 Å². The van der Waals surface area contributed by atoms with Crippen LogP contribution in [0.5, 0.6) is 0 Å². The fraction of sp³-hybridized carbons (Fsp3) is 0.286. The van der Waals surface area contributed by atoms with Gasteiger partial charge in [-0.25, -0.2) is 4.39 Å². The minimum atomic E-state index is -0.303. The summed E-state index contributed by atoms with van der Waals surface area (Å²) < 4.78 is 12.4. The molecular weight excluding hydrogens is 188 g/mol. The molecule has 0 amide bonds. The zero-order valence-corrected chi connectivity index (χ0v) is 7.33. The highest BCUT2D eigenvalue weighted by Gasteiger charge is 1.93. The summed E-state index contributed by atoms with van der Waals surface area (Å²) >= 11 is 5.44. The maximum atomic E-state index is 12.4. The molecule has 0 saturated carbocycles. The van der Waals surface area contributed by atoms with Crippen LogP contribution in [0.1, 0.15) is 5.56 Å². The number of aromatic nitrogens is 1. The molecule has 1 rings (SSSR count). The number of halogens is 3. The van der Waals surface area contributed by atoms with Crippen molar-refractivity contribution in [2.75, 3.05) is 5.88 Å². The number of hydrogen-bond donors (Lipinski definition) is 0. The van der Waals surface area contributed by atoms with E-state index in [2.05, 4.69) is 4.98 Å². The van der Waals surface area contributed by atoms with Crippen molar-refractivity contribution in [1.82, 2.24) is 4.98 Å². The number of hydrogen-bond acceptors (Lipinski definition) is 1. The second-order valence-corrected chi connectivity index (χ2v) is 2.33. The van der Waals surface area contributed by atoms with Crippen LogP contribution < -0.4 is 0 Å². The number of pyridine rings is 1. The zero-order chi connectivity index (χ0) is 7.40. The summed E-state index contributed by atoms with van der Waals surface area (Å²) in [5.41, 5.74) is 0.843. The van der Waals surface area contributed by atoms with Gasteiger partial charge in [-0.3, -0.25) is 4.98 Å². The molecule has 11 heavy (non-hydrogen) atoms. The largest absolute Gasteiger partial charge is 0.261 e. The van der Waals surface area contributed by atoms with E-state index in [0.717, 1.165) is 5.56 Å². The monoisotopic (exact) mass is 195 g/mol. The van der Waals surface area contributed by atoms with Crippen LogP contribution in [0.2, 0.25) is 0 Å². The number of nitrogens with zero attached hydrogens (tertiary/aromatic N) is 1. The second-order valence-electron chi connectivity index (χ2n) is 1.95. The zero-order valence-electron chi connectivity index (χ0n) is 5.76. The highest BCUT2D eigenvalue weighted by Crippen LogP contribution is 2.01. The van der Waals surface area contributed by atoms with Crippen LogP contribution in [0, 0.1) is 5.82 Å². The van der Waals surface area contributed by atoms with Gasteiger partial charge in [0.25, 0.3) is 0 Å². The molecule has 0 unspecified atom stereocenters. The first-order chi connectivity index (χ1) is 4.83. The minimum Gasteiger partial charge on any atom is -0.261 e. The van der Waals surface area contributed by atoms with Gasteiger partial charge in [-0.2, -0.15) is 0 Å². The summed E-state index contributed by atoms with van der Waals surface area (Å²) in [6.45, 7) is 0. The number of rotatable bonds is 2. The Labute approximate surface area is 76.0 Å². The lowest BCUT2D eigenvalue weighted by Gasteiger charge is -1.94. The van der Waals surface area contributed by atoms with E-state index >= 15 is 0 Å². The molecule has 0 aliphatic carbocycles. The van der Waals surface area contributed by atoms with Gasteiger partial charge in [0, 0.05) is 12.1 Å². The standard InChI is InChI=1S/C7H7ClFN.ClH/c8-2-1-6-3-7(9)5-10-4-6;/h3-5H,1-2H2;1H. The first-order valence-electron chi connectivity index (χ1n) is 2.98. The van der Waals surface area contributed by atoms with Crippen molar-refractivity contribution in [2.45, 2.75) is 6.42 Å². The lowest BCUT2D eigenvalue weighted by molar-refractivity contribution is 0.619. The Morgan fingerprint density at radius 2 is 2.18 bits per heavy atom. The Morgan fingerprint density at radius 1 is 1.45 bits per heavy atom. The topological polar surface area (TPSA) is 12.9 Å². The predicted octanol–water partition coefficient (Wildman–Crippen LogP) is 2.42. The van der Waals surface area contributed by atoms with Gasteiger partial charge in [-0.05, 0) is 18.1 Å². The second kappa shape index (κ2) is 5.33. The normalized spacial score (nSPS) is 8.91. The van der Waals surface area contributed by atoms with Crippen molar-refractivity contribution in [3.05, 3.63) is 29.8 Å². The van der Waals surface area contributed by atoms with Gasteiger partial charge in [0.05, 0.1) is 6.20 Å². The lowest BCUT2D eigenvalue weighted by atomic mass is 10.2. The highest BCUT2D eigenvalue weighted by atomic mass is 35.5. The van der Waals surface area contributed by atoms with Crippen LogP contribution in [0.3, 0.4) is 0 Å². The van der Waals surface area contributed by atoms with Crippen molar-refractivity contribution < 1.29 is 4.39 Å². The summed E-state index contributed by atoms with van der Waals surface area (Å²) in [4.78, 5) is 3.67. The Hall–Kier alpha value is -0.340. The molecule has 0 atom stereocenters. The third-order valence-electron chi connectivity index (χ3n) is 1.14. The summed E-state index contributed by atoms with van der Waals surface area (Å²) in [7, 11) is 0. The Kier molecular flexibility index (Phi) is 5.16. The van der Waals surface area contributed by atoms with Crippen molar-refractivity contribution in [1.29, 1.82) is 0 Å². The average molecular weight is 196 g/mol. The van der Waals surface area contributed by atoms with Gasteiger partial charge in [-0.15, -0.1) is 24.0 Å².